The van der Waals surface area contributed by atoms with E-state index >= 15 is 0 Å². The first-order chi connectivity index (χ1) is 3.31. The summed E-state index contributed by atoms with van der Waals surface area (Å²) >= 11 is 0. The van der Waals surface area contributed by atoms with Gasteiger partial charge in [-0.1, -0.05) is 6.92 Å². The molecule has 8 heavy (non-hydrogen) atoms. The molecule has 0 saturated heterocycles. The Morgan fingerprint density at radius 1 is 1.75 bits per heavy atom. The predicted octanol–water partition coefficient (Wildman–Crippen LogP) is -0.491. The van der Waals surface area contributed by atoms with Crippen molar-refractivity contribution in [3.05, 3.63) is 0 Å². The van der Waals surface area contributed by atoms with Gasteiger partial charge >= 0.3 is 5.97 Å². The first-order valence-corrected chi connectivity index (χ1v) is 2.07. The van der Waals surface area contributed by atoms with Crippen LogP contribution < -0.4 is 0 Å². The first-order valence-electron chi connectivity index (χ1n) is 2.07. The smallest absolute Gasteiger partial charge is 0.307 e. The van der Waals surface area contributed by atoms with Crippen LogP contribution in [0.3, 0.4) is 0 Å². The van der Waals surface area contributed by atoms with E-state index in [1.54, 1.807) is 6.92 Å². The van der Waals surface area contributed by atoms with Gasteiger partial charge in [0.15, 0.2) is 6.79 Å². The van der Waals surface area contributed by atoms with Gasteiger partial charge < -0.3 is 9.84 Å². The molecular weight excluding hydrogens is 119 g/mol. The van der Waals surface area contributed by atoms with Crippen molar-refractivity contribution < 1.29 is 14.6 Å². The summed E-state index contributed by atoms with van der Waals surface area (Å²) in [5.74, 6) is -0.373. The zero-order valence-electron chi connectivity index (χ0n) is 5.18. The fourth-order valence-corrected chi connectivity index (χ4v) is 0.174. The normalized spacial score (nSPS) is 7.25. The number of carbonyl (C=O) groups is 1. The third kappa shape index (κ3) is 6.43. The topological polar surface area (TPSA) is 46.5 Å². The van der Waals surface area contributed by atoms with E-state index in [0.717, 1.165) is 0 Å². The van der Waals surface area contributed by atoms with Crippen molar-refractivity contribution in [1.82, 2.24) is 0 Å². The summed E-state index contributed by atoms with van der Waals surface area (Å²) in [6.45, 7) is 1.16. The molecule has 0 spiro atoms. The molecule has 0 heterocycles. The molecule has 0 bridgehead atoms. The largest absolute Gasteiger partial charge is 0.439 e. The Balaban J connectivity index is 0. The molecule has 0 unspecified atom stereocenters. The van der Waals surface area contributed by atoms with E-state index in [2.05, 4.69) is 4.74 Å². The standard InChI is InChI=1S/C4H8O3.Na/c1-2-4(6)7-3-5;/h5H,2-3H2,1H3;. The fourth-order valence-electron chi connectivity index (χ4n) is 0.174. The molecule has 0 atom stereocenters. The molecule has 0 aliphatic carbocycles. The fraction of sp³-hybridized carbons (Fsp3) is 0.750. The summed E-state index contributed by atoms with van der Waals surface area (Å²) in [4.78, 5) is 10.0. The molecule has 43 valence electrons. The number of rotatable bonds is 2. The molecule has 1 N–H and O–H groups in total. The van der Waals surface area contributed by atoms with Crippen LogP contribution in [0.5, 0.6) is 0 Å². The number of carbonyl (C=O) groups excluding carboxylic acids is 1. The minimum Gasteiger partial charge on any atom is -0.439 e. The molecule has 0 aromatic rings. The molecule has 0 aromatic carbocycles. The average Bonchev–Trinajstić information content (AvgIpc) is 1.68. The number of aliphatic hydroxyl groups excluding tert-OH is 1. The van der Waals surface area contributed by atoms with E-state index in [4.69, 9.17) is 5.11 Å². The molecule has 0 amide bonds. The molecule has 0 aromatic heterocycles. The van der Waals surface area contributed by atoms with E-state index in [0.29, 0.717) is 6.42 Å². The van der Waals surface area contributed by atoms with E-state index in [1.807, 2.05) is 0 Å². The quantitative estimate of drug-likeness (QED) is 0.309. The number of esters is 1. The third-order valence-corrected chi connectivity index (χ3v) is 0.514. The Hall–Kier alpha value is 0.430. The van der Waals surface area contributed by atoms with Crippen molar-refractivity contribution >= 4 is 35.5 Å². The van der Waals surface area contributed by atoms with Gasteiger partial charge in [0, 0.05) is 36.0 Å². The van der Waals surface area contributed by atoms with Crippen LogP contribution in [0, 0.1) is 0 Å². The van der Waals surface area contributed by atoms with Crippen molar-refractivity contribution in [1.29, 1.82) is 0 Å². The Morgan fingerprint density at radius 2 is 2.25 bits per heavy atom. The monoisotopic (exact) mass is 127 g/mol. The Labute approximate surface area is 70.3 Å². The number of hydrogen-bond acceptors (Lipinski definition) is 3. The van der Waals surface area contributed by atoms with Gasteiger partial charge in [-0.15, -0.1) is 0 Å². The van der Waals surface area contributed by atoms with Crippen molar-refractivity contribution in [2.75, 3.05) is 6.79 Å². The van der Waals surface area contributed by atoms with Crippen molar-refractivity contribution in [2.24, 2.45) is 0 Å². The van der Waals surface area contributed by atoms with Gasteiger partial charge in [-0.2, -0.15) is 0 Å². The molecule has 0 saturated carbocycles. The summed E-state index contributed by atoms with van der Waals surface area (Å²) in [5, 5.41) is 7.92. The second kappa shape index (κ2) is 7.43. The van der Waals surface area contributed by atoms with Crippen LogP contribution in [0.2, 0.25) is 0 Å². The Morgan fingerprint density at radius 3 is 2.38 bits per heavy atom. The summed E-state index contributed by atoms with van der Waals surface area (Å²) in [7, 11) is 0. The summed E-state index contributed by atoms with van der Waals surface area (Å²) in [6.07, 6.45) is 0.320. The summed E-state index contributed by atoms with van der Waals surface area (Å²) < 4.78 is 4.11. The second-order valence-corrected chi connectivity index (χ2v) is 0.999. The summed E-state index contributed by atoms with van der Waals surface area (Å²) in [5.41, 5.74) is 0. The zero-order valence-corrected chi connectivity index (χ0v) is 7.18. The SMILES string of the molecule is CCC(=O)OCO.[Na]. The van der Waals surface area contributed by atoms with Crippen LogP contribution >= 0.6 is 0 Å². The van der Waals surface area contributed by atoms with Crippen LogP contribution in [0.4, 0.5) is 0 Å². The first kappa shape index (κ1) is 11.3. The molecule has 0 aliphatic rings. The molecule has 0 aliphatic heterocycles. The number of aliphatic hydroxyl groups is 1. The maximum Gasteiger partial charge on any atom is 0.307 e. The summed E-state index contributed by atoms with van der Waals surface area (Å²) in [6, 6.07) is 0. The van der Waals surface area contributed by atoms with Crippen LogP contribution in [-0.4, -0.2) is 47.4 Å². The van der Waals surface area contributed by atoms with E-state index in [-0.39, 0.29) is 35.5 Å². The minimum absolute atomic E-state index is 0. The van der Waals surface area contributed by atoms with Gasteiger partial charge in [0.2, 0.25) is 0 Å². The number of hydrogen-bond donors (Lipinski definition) is 1. The van der Waals surface area contributed by atoms with Crippen LogP contribution in [-0.2, 0) is 9.53 Å². The third-order valence-electron chi connectivity index (χ3n) is 0.514. The maximum absolute atomic E-state index is 10.0. The van der Waals surface area contributed by atoms with Gasteiger partial charge in [0.25, 0.3) is 0 Å². The molecular formula is C4H8NaO3. The van der Waals surface area contributed by atoms with E-state index < -0.39 is 6.79 Å². The molecule has 3 nitrogen and oxygen atoms in total. The average molecular weight is 127 g/mol. The Kier molecular flexibility index (Phi) is 10.5. The van der Waals surface area contributed by atoms with Crippen LogP contribution in [0.1, 0.15) is 13.3 Å². The van der Waals surface area contributed by atoms with Crippen molar-refractivity contribution in [3.8, 4) is 0 Å². The predicted molar refractivity (Wildman–Crippen MR) is 29.2 cm³/mol. The van der Waals surface area contributed by atoms with Gasteiger partial charge in [-0.05, 0) is 0 Å². The number of ether oxygens (including phenoxy) is 1. The second-order valence-electron chi connectivity index (χ2n) is 0.999. The van der Waals surface area contributed by atoms with Gasteiger partial charge in [0.05, 0.1) is 0 Å². The zero-order chi connectivity index (χ0) is 5.70. The minimum atomic E-state index is -0.507. The van der Waals surface area contributed by atoms with Crippen LogP contribution in [0.25, 0.3) is 0 Å². The maximum atomic E-state index is 10.0. The van der Waals surface area contributed by atoms with E-state index in [1.165, 1.54) is 0 Å². The molecule has 0 rings (SSSR count). The van der Waals surface area contributed by atoms with Crippen LogP contribution in [0.15, 0.2) is 0 Å². The molecule has 4 heteroatoms. The Bertz CT molecular complexity index is 64.3. The molecule has 1 radical (unpaired) electrons. The molecule has 0 fully saturated rings. The van der Waals surface area contributed by atoms with Crippen molar-refractivity contribution in [3.63, 3.8) is 0 Å². The van der Waals surface area contributed by atoms with Crippen molar-refractivity contribution in [2.45, 2.75) is 13.3 Å². The van der Waals surface area contributed by atoms with Gasteiger partial charge in [-0.3, -0.25) is 4.79 Å². The van der Waals surface area contributed by atoms with Gasteiger partial charge in [-0.25, -0.2) is 0 Å². The van der Waals surface area contributed by atoms with Gasteiger partial charge in [0.1, 0.15) is 0 Å². The van der Waals surface area contributed by atoms with E-state index in [9.17, 15) is 4.79 Å².